The van der Waals surface area contributed by atoms with E-state index >= 15 is 0 Å². The second-order valence-corrected chi connectivity index (χ2v) is 6.77. The Balaban J connectivity index is 1.74. The number of hydrogen-bond acceptors (Lipinski definition) is 5. The lowest BCUT2D eigenvalue weighted by Crippen LogP contribution is -2.04. The summed E-state index contributed by atoms with van der Waals surface area (Å²) in [5, 5.41) is 5.13. The summed E-state index contributed by atoms with van der Waals surface area (Å²) in [5.74, 6) is -2.43. The molecule has 0 bridgehead atoms. The summed E-state index contributed by atoms with van der Waals surface area (Å²) in [4.78, 5) is 0. The number of benzene rings is 2. The largest absolute Gasteiger partial charge is 0.489 e. The van der Waals surface area contributed by atoms with Crippen molar-refractivity contribution in [2.45, 2.75) is 12.8 Å². The van der Waals surface area contributed by atoms with Crippen molar-refractivity contribution in [1.82, 2.24) is 10.2 Å². The highest BCUT2D eigenvalue weighted by molar-refractivity contribution is 7.81. The minimum Gasteiger partial charge on any atom is -0.489 e. The molecule has 0 aliphatic heterocycles. The predicted octanol–water partition coefficient (Wildman–Crippen LogP) is 4.55. The zero-order chi connectivity index (χ0) is 22.1. The minimum atomic E-state index is -5.20. The number of nitrogens with one attached hydrogen (secondary N) is 1. The van der Waals surface area contributed by atoms with Gasteiger partial charge in [0.2, 0.25) is 0 Å². The molecule has 30 heavy (non-hydrogen) atoms. The minimum absolute atomic E-state index is 0.0601. The number of nitrogens with zero attached hydrogens (tertiary/aromatic N) is 1. The SMILES string of the molecule is O=S(=O)(F)Oc1ccc(OCc2c(F)cc(-c3cc(C(F)(F)F)n[nH]3)cc2F)cc1. The first-order valence-electron chi connectivity index (χ1n) is 7.90. The summed E-state index contributed by atoms with van der Waals surface area (Å²) in [7, 11) is -5.20. The van der Waals surface area contributed by atoms with Crippen LogP contribution < -0.4 is 8.92 Å². The molecule has 0 unspecified atom stereocenters. The first kappa shape index (κ1) is 21.5. The molecule has 13 heteroatoms. The highest BCUT2D eigenvalue weighted by atomic mass is 32.3. The number of rotatable bonds is 6. The van der Waals surface area contributed by atoms with Gasteiger partial charge in [0.25, 0.3) is 0 Å². The molecule has 160 valence electrons. The molecule has 0 amide bonds. The van der Waals surface area contributed by atoms with Crippen LogP contribution in [0.15, 0.2) is 42.5 Å². The second kappa shape index (κ2) is 7.89. The molecule has 0 aliphatic rings. The highest BCUT2D eigenvalue weighted by Crippen LogP contribution is 2.31. The van der Waals surface area contributed by atoms with Gasteiger partial charge >= 0.3 is 16.7 Å². The average molecular weight is 452 g/mol. The number of H-pyrrole nitrogens is 1. The number of aromatic nitrogens is 2. The summed E-state index contributed by atoms with van der Waals surface area (Å²) in [6.07, 6.45) is -4.71. The molecule has 0 aliphatic carbocycles. The first-order valence-corrected chi connectivity index (χ1v) is 9.21. The molecule has 3 aromatic rings. The lowest BCUT2D eigenvalue weighted by Gasteiger charge is -2.10. The van der Waals surface area contributed by atoms with Crippen molar-refractivity contribution < 1.29 is 43.2 Å². The van der Waals surface area contributed by atoms with Gasteiger partial charge in [-0.15, -0.1) is 0 Å². The smallest absolute Gasteiger partial charge is 0.488 e. The first-order chi connectivity index (χ1) is 13.9. The predicted molar refractivity (Wildman–Crippen MR) is 90.4 cm³/mol. The highest BCUT2D eigenvalue weighted by Gasteiger charge is 2.34. The van der Waals surface area contributed by atoms with Crippen LogP contribution in [-0.4, -0.2) is 18.6 Å². The molecule has 0 saturated heterocycles. The quantitative estimate of drug-likeness (QED) is 0.439. The van der Waals surface area contributed by atoms with Crippen molar-refractivity contribution in [2.75, 3.05) is 0 Å². The molecule has 6 nitrogen and oxygen atoms in total. The van der Waals surface area contributed by atoms with Crippen molar-refractivity contribution in [2.24, 2.45) is 0 Å². The van der Waals surface area contributed by atoms with E-state index in [0.29, 0.717) is 6.07 Å². The van der Waals surface area contributed by atoms with Gasteiger partial charge in [-0.2, -0.15) is 26.7 Å². The topological polar surface area (TPSA) is 81.3 Å². The zero-order valence-electron chi connectivity index (χ0n) is 14.5. The third-order valence-corrected chi connectivity index (χ3v) is 4.11. The maximum atomic E-state index is 14.3. The van der Waals surface area contributed by atoms with Crippen LogP contribution in [0.4, 0.5) is 25.8 Å². The molecule has 1 heterocycles. The van der Waals surface area contributed by atoms with Crippen LogP contribution in [0.2, 0.25) is 0 Å². The van der Waals surface area contributed by atoms with E-state index in [1.807, 2.05) is 0 Å². The van der Waals surface area contributed by atoms with Gasteiger partial charge in [0.05, 0.1) is 11.3 Å². The van der Waals surface area contributed by atoms with E-state index in [4.69, 9.17) is 4.74 Å². The molecule has 2 aromatic carbocycles. The second-order valence-electron chi connectivity index (χ2n) is 5.82. The van der Waals surface area contributed by atoms with Crippen LogP contribution in [0.1, 0.15) is 11.3 Å². The Hall–Kier alpha value is -3.22. The Morgan fingerprint density at radius 1 is 0.967 bits per heavy atom. The fourth-order valence-electron chi connectivity index (χ4n) is 2.37. The van der Waals surface area contributed by atoms with Crippen LogP contribution in [0.25, 0.3) is 11.3 Å². The summed E-state index contributed by atoms with van der Waals surface area (Å²) in [6.45, 7) is -0.587. The molecule has 0 radical (unpaired) electrons. The van der Waals surface area contributed by atoms with Gasteiger partial charge in [0.1, 0.15) is 29.7 Å². The Labute approximate surface area is 165 Å². The standard InChI is InChI=1S/C17H10F6N2O4S/c18-13-5-9(15-7-16(25-24-15)17(20,21)22)6-14(19)12(13)8-28-10-1-3-11(4-2-10)29-30(23,26)27/h1-7H,8H2,(H,24,25). The number of ether oxygens (including phenoxy) is 1. The van der Waals surface area contributed by atoms with Crippen LogP contribution in [0.5, 0.6) is 11.5 Å². The van der Waals surface area contributed by atoms with Gasteiger partial charge in [-0.05, 0) is 42.5 Å². The van der Waals surface area contributed by atoms with Crippen molar-refractivity contribution >= 4 is 10.5 Å². The number of aromatic amines is 1. The third-order valence-electron chi connectivity index (χ3n) is 3.72. The van der Waals surface area contributed by atoms with E-state index in [2.05, 4.69) is 14.4 Å². The normalized spacial score (nSPS) is 12.1. The Morgan fingerprint density at radius 2 is 1.53 bits per heavy atom. The number of hydrogen-bond donors (Lipinski definition) is 1. The lowest BCUT2D eigenvalue weighted by molar-refractivity contribution is -0.141. The van der Waals surface area contributed by atoms with Crippen molar-refractivity contribution in [1.29, 1.82) is 0 Å². The maximum absolute atomic E-state index is 14.3. The van der Waals surface area contributed by atoms with E-state index in [1.165, 1.54) is 12.1 Å². The molecule has 0 atom stereocenters. The molecule has 0 spiro atoms. The molecule has 0 saturated carbocycles. The fraction of sp³-hybridized carbons (Fsp3) is 0.118. The molecule has 1 N–H and O–H groups in total. The molecule has 1 aromatic heterocycles. The molecular weight excluding hydrogens is 442 g/mol. The Bertz CT molecular complexity index is 1140. The monoisotopic (exact) mass is 452 g/mol. The van der Waals surface area contributed by atoms with Gasteiger partial charge < -0.3 is 8.92 Å². The van der Waals surface area contributed by atoms with E-state index in [1.54, 1.807) is 0 Å². The van der Waals surface area contributed by atoms with Crippen LogP contribution in [0, 0.1) is 11.6 Å². The van der Waals surface area contributed by atoms with Gasteiger partial charge in [-0.25, -0.2) is 8.78 Å². The van der Waals surface area contributed by atoms with E-state index in [9.17, 15) is 34.3 Å². The molecular formula is C17H10F6N2O4S. The van der Waals surface area contributed by atoms with E-state index in [0.717, 1.165) is 24.3 Å². The van der Waals surface area contributed by atoms with Gasteiger partial charge in [-0.1, -0.05) is 3.89 Å². The van der Waals surface area contributed by atoms with E-state index < -0.39 is 46.2 Å². The van der Waals surface area contributed by atoms with Gasteiger partial charge in [0.15, 0.2) is 5.69 Å². The van der Waals surface area contributed by atoms with Crippen molar-refractivity contribution in [3.8, 4) is 22.8 Å². The van der Waals surface area contributed by atoms with E-state index in [-0.39, 0.29) is 22.8 Å². The van der Waals surface area contributed by atoms with Crippen LogP contribution in [0.3, 0.4) is 0 Å². The maximum Gasteiger partial charge on any atom is 0.488 e. The summed E-state index contributed by atoms with van der Waals surface area (Å²) in [6, 6.07) is 6.71. The third kappa shape index (κ3) is 5.23. The summed E-state index contributed by atoms with van der Waals surface area (Å²) < 4.78 is 109. The molecule has 3 rings (SSSR count). The fourth-order valence-corrected chi connectivity index (χ4v) is 2.71. The Morgan fingerprint density at radius 3 is 2.03 bits per heavy atom. The Kier molecular flexibility index (Phi) is 5.65. The van der Waals surface area contributed by atoms with Crippen LogP contribution in [-0.2, 0) is 23.3 Å². The van der Waals surface area contributed by atoms with Crippen molar-refractivity contribution in [3.05, 3.63) is 65.4 Å². The van der Waals surface area contributed by atoms with Crippen molar-refractivity contribution in [3.63, 3.8) is 0 Å². The zero-order valence-corrected chi connectivity index (χ0v) is 15.3. The summed E-state index contributed by atoms with van der Waals surface area (Å²) in [5.41, 5.74) is -2.16. The number of halogens is 6. The molecule has 0 fully saturated rings. The number of alkyl halides is 3. The summed E-state index contributed by atoms with van der Waals surface area (Å²) >= 11 is 0. The van der Waals surface area contributed by atoms with Crippen LogP contribution >= 0.6 is 0 Å². The van der Waals surface area contributed by atoms with Gasteiger partial charge in [0, 0.05) is 5.56 Å². The van der Waals surface area contributed by atoms with Gasteiger partial charge in [-0.3, -0.25) is 5.10 Å². The average Bonchev–Trinajstić information content (AvgIpc) is 3.11. The lowest BCUT2D eigenvalue weighted by atomic mass is 10.1.